The van der Waals surface area contributed by atoms with Gasteiger partial charge in [-0.3, -0.25) is 0 Å². The van der Waals surface area contributed by atoms with E-state index in [4.69, 9.17) is 19.3 Å². The van der Waals surface area contributed by atoms with E-state index in [9.17, 15) is 19.8 Å². The van der Waals surface area contributed by atoms with Gasteiger partial charge in [0.25, 0.3) is 0 Å². The predicted octanol–water partition coefficient (Wildman–Crippen LogP) is 3.08. The Bertz CT molecular complexity index is 1010. The van der Waals surface area contributed by atoms with Crippen LogP contribution in [-0.2, 0) is 23.8 Å². The average molecular weight is 517 g/mol. The third-order valence-electron chi connectivity index (χ3n) is 8.17. The van der Waals surface area contributed by atoms with Gasteiger partial charge in [-0.25, -0.2) is 9.59 Å². The molecule has 3 N–H and O–H groups in total. The van der Waals surface area contributed by atoms with Crippen molar-refractivity contribution in [3.05, 3.63) is 59.8 Å². The number of carbonyl (C=O) groups excluding carboxylic acids is 2. The summed E-state index contributed by atoms with van der Waals surface area (Å²) in [7, 11) is 0. The van der Waals surface area contributed by atoms with Crippen LogP contribution in [0.15, 0.2) is 59.8 Å². The summed E-state index contributed by atoms with van der Waals surface area (Å²) >= 11 is 0. The first kappa shape index (κ1) is 29.0. The van der Waals surface area contributed by atoms with E-state index in [1.54, 1.807) is 6.92 Å². The third kappa shape index (κ3) is 5.98. The van der Waals surface area contributed by atoms with Gasteiger partial charge in [-0.2, -0.15) is 0 Å². The van der Waals surface area contributed by atoms with Crippen molar-refractivity contribution in [2.75, 3.05) is 13.2 Å². The quantitative estimate of drug-likeness (QED) is 0.175. The average Bonchev–Trinajstić information content (AvgIpc) is 3.00. The van der Waals surface area contributed by atoms with Crippen LogP contribution in [0.3, 0.4) is 0 Å². The van der Waals surface area contributed by atoms with E-state index >= 15 is 0 Å². The molecule has 0 aromatic carbocycles. The minimum absolute atomic E-state index is 0.0444. The van der Waals surface area contributed by atoms with Crippen LogP contribution < -0.4 is 0 Å². The number of aliphatic hydroxyl groups excluding tert-OH is 3. The van der Waals surface area contributed by atoms with Gasteiger partial charge < -0.3 is 29.5 Å². The van der Waals surface area contributed by atoms with Crippen LogP contribution in [0.2, 0.25) is 0 Å². The Morgan fingerprint density at radius 2 is 2.03 bits per heavy atom. The highest BCUT2D eigenvalue weighted by Crippen LogP contribution is 2.65. The summed E-state index contributed by atoms with van der Waals surface area (Å²) in [5, 5.41) is 28.1. The van der Waals surface area contributed by atoms with Crippen LogP contribution >= 0.6 is 0 Å². The molecule has 2 bridgehead atoms. The lowest BCUT2D eigenvalue weighted by Crippen LogP contribution is -2.60. The SMILES string of the molecule is C=C1C2C[C@@H](OC(=O)C=CC=C[C@H](O)C(C)O)[C@]1(C)C1(COC(=O)C=C(C)CCO)CCC(C)=CC1O2. The normalized spacial score (nSPS) is 33.3. The van der Waals surface area contributed by atoms with E-state index in [2.05, 4.69) is 19.6 Å². The lowest BCUT2D eigenvalue weighted by Gasteiger charge is -2.56. The molecule has 2 fully saturated rings. The van der Waals surface area contributed by atoms with Crippen LogP contribution in [0, 0.1) is 10.8 Å². The van der Waals surface area contributed by atoms with Gasteiger partial charge in [0.15, 0.2) is 0 Å². The number of rotatable bonds is 10. The first-order valence-corrected chi connectivity index (χ1v) is 12.8. The Labute approximate surface area is 219 Å². The Balaban J connectivity index is 1.84. The topological polar surface area (TPSA) is 123 Å². The van der Waals surface area contributed by atoms with Gasteiger partial charge in [-0.15, -0.1) is 0 Å². The van der Waals surface area contributed by atoms with E-state index in [0.29, 0.717) is 19.3 Å². The van der Waals surface area contributed by atoms with Crippen LogP contribution in [0.4, 0.5) is 0 Å². The van der Waals surface area contributed by atoms with Crippen LogP contribution in [-0.4, -0.2) is 71.0 Å². The number of ether oxygens (including phenoxy) is 3. The van der Waals surface area contributed by atoms with E-state index in [1.165, 1.54) is 42.9 Å². The lowest BCUT2D eigenvalue weighted by atomic mass is 9.53. The van der Waals surface area contributed by atoms with Crippen molar-refractivity contribution in [3.8, 4) is 0 Å². The minimum atomic E-state index is -1.03. The van der Waals surface area contributed by atoms with Gasteiger partial charge in [0.2, 0.25) is 0 Å². The van der Waals surface area contributed by atoms with E-state index in [1.807, 2.05) is 6.92 Å². The second-order valence-electron chi connectivity index (χ2n) is 10.7. The summed E-state index contributed by atoms with van der Waals surface area (Å²) < 4.78 is 18.2. The molecular weight excluding hydrogens is 476 g/mol. The Kier molecular flexibility index (Phi) is 9.34. The molecule has 3 aliphatic rings. The molecule has 0 amide bonds. The van der Waals surface area contributed by atoms with Crippen molar-refractivity contribution < 1.29 is 39.1 Å². The molecule has 1 heterocycles. The number of esters is 2. The Hall–Kier alpha value is -2.52. The number of hydrogen-bond acceptors (Lipinski definition) is 8. The highest BCUT2D eigenvalue weighted by molar-refractivity contribution is 5.83. The zero-order valence-corrected chi connectivity index (χ0v) is 22.2. The Morgan fingerprint density at radius 3 is 2.70 bits per heavy atom. The van der Waals surface area contributed by atoms with E-state index < -0.39 is 41.1 Å². The smallest absolute Gasteiger partial charge is 0.331 e. The molecule has 7 atom stereocenters. The fraction of sp³-hybridized carbons (Fsp3) is 0.586. The van der Waals surface area contributed by atoms with Crippen molar-refractivity contribution in [1.82, 2.24) is 0 Å². The van der Waals surface area contributed by atoms with E-state index in [-0.39, 0.29) is 25.4 Å². The highest BCUT2D eigenvalue weighted by Gasteiger charge is 2.68. The number of aliphatic hydroxyl groups is 3. The molecular formula is C29H40O8. The summed E-state index contributed by atoms with van der Waals surface area (Å²) in [6, 6.07) is 0. The molecule has 0 spiro atoms. The van der Waals surface area contributed by atoms with Gasteiger partial charge in [0, 0.05) is 36.0 Å². The number of allylic oxidation sites excluding steroid dienone is 3. The maximum Gasteiger partial charge on any atom is 0.331 e. The van der Waals surface area contributed by atoms with Gasteiger partial charge in [-0.1, -0.05) is 49.0 Å². The molecule has 0 radical (unpaired) electrons. The van der Waals surface area contributed by atoms with Gasteiger partial charge >= 0.3 is 11.9 Å². The van der Waals surface area contributed by atoms with Crippen LogP contribution in [0.25, 0.3) is 0 Å². The van der Waals surface area contributed by atoms with Crippen molar-refractivity contribution >= 4 is 11.9 Å². The lowest BCUT2D eigenvalue weighted by molar-refractivity contribution is -0.181. The Morgan fingerprint density at radius 1 is 1.30 bits per heavy atom. The fourth-order valence-corrected chi connectivity index (χ4v) is 5.67. The second kappa shape index (κ2) is 11.9. The highest BCUT2D eigenvalue weighted by atomic mass is 16.6. The van der Waals surface area contributed by atoms with Gasteiger partial charge in [0.1, 0.15) is 12.7 Å². The third-order valence-corrected chi connectivity index (χ3v) is 8.17. The molecule has 0 aromatic rings. The molecule has 8 nitrogen and oxygen atoms in total. The largest absolute Gasteiger partial charge is 0.462 e. The minimum Gasteiger partial charge on any atom is -0.462 e. The van der Waals surface area contributed by atoms with Crippen molar-refractivity contribution in [1.29, 1.82) is 0 Å². The summed E-state index contributed by atoms with van der Waals surface area (Å²) in [5.74, 6) is -1.03. The fourth-order valence-electron chi connectivity index (χ4n) is 5.67. The molecule has 1 saturated heterocycles. The van der Waals surface area contributed by atoms with Gasteiger partial charge in [0.05, 0.1) is 24.4 Å². The zero-order valence-electron chi connectivity index (χ0n) is 22.2. The summed E-state index contributed by atoms with van der Waals surface area (Å²) in [5.41, 5.74) is 1.40. The van der Waals surface area contributed by atoms with Gasteiger partial charge in [-0.05, 0) is 45.6 Å². The predicted molar refractivity (Wildman–Crippen MR) is 138 cm³/mol. The van der Waals surface area contributed by atoms with Crippen LogP contribution in [0.5, 0.6) is 0 Å². The second-order valence-corrected chi connectivity index (χ2v) is 10.7. The van der Waals surface area contributed by atoms with Crippen molar-refractivity contribution in [3.63, 3.8) is 0 Å². The first-order chi connectivity index (χ1) is 17.4. The summed E-state index contributed by atoms with van der Waals surface area (Å²) in [6.45, 7) is 11.7. The van der Waals surface area contributed by atoms with Crippen molar-refractivity contribution in [2.45, 2.75) is 83.9 Å². The van der Waals surface area contributed by atoms with E-state index in [0.717, 1.165) is 17.6 Å². The number of carbonyl (C=O) groups is 2. The number of hydrogen-bond donors (Lipinski definition) is 3. The standard InChI is InChI=1S/C29H40O8/c1-18-10-12-29(17-35-27(34)15-19(2)11-13-30)25(14-18)36-23-16-24(28(29,5)20(23)3)37-26(33)9-7-6-8-22(32)21(4)31/h6-9,14-15,21-25,30-32H,3,10-13,16-17H2,1-2,4-5H3/t21?,22-,23?,24+,25?,28+,29?/m0/s1. The first-order valence-electron chi connectivity index (χ1n) is 12.8. The summed E-state index contributed by atoms with van der Waals surface area (Å²) in [6.07, 6.45) is 8.32. The molecule has 8 heteroatoms. The monoisotopic (exact) mass is 516 g/mol. The zero-order chi connectivity index (χ0) is 27.4. The molecule has 1 saturated carbocycles. The summed E-state index contributed by atoms with van der Waals surface area (Å²) in [4.78, 5) is 25.3. The molecule has 1 aliphatic heterocycles. The molecule has 204 valence electrons. The molecule has 4 unspecified atom stereocenters. The molecule has 0 aromatic heterocycles. The maximum atomic E-state index is 12.7. The maximum absolute atomic E-state index is 12.7. The molecule has 3 rings (SSSR count). The van der Waals surface area contributed by atoms with Crippen LogP contribution in [0.1, 0.15) is 53.4 Å². The van der Waals surface area contributed by atoms with Crippen molar-refractivity contribution in [2.24, 2.45) is 10.8 Å². The number of fused-ring (bicyclic) bond motifs is 4. The molecule has 2 aliphatic carbocycles. The molecule has 37 heavy (non-hydrogen) atoms.